The maximum Gasteiger partial charge on any atom is 0.335 e. The first-order valence-corrected chi connectivity index (χ1v) is 4.63. The summed E-state index contributed by atoms with van der Waals surface area (Å²) in [6.07, 6.45) is -0.764. The SMILES string of the molecule is CC(c1ccccc1)[C@H]1O[C@@H]1C(=O)O. The Hall–Kier alpha value is -1.35. The molecule has 1 aliphatic rings. The summed E-state index contributed by atoms with van der Waals surface area (Å²) in [5.74, 6) is -0.713. The van der Waals surface area contributed by atoms with Gasteiger partial charge in [-0.15, -0.1) is 0 Å². The summed E-state index contributed by atoms with van der Waals surface area (Å²) in [6, 6.07) is 9.82. The van der Waals surface area contributed by atoms with Crippen molar-refractivity contribution in [3.05, 3.63) is 35.9 Å². The standard InChI is InChI=1S/C11H12O3/c1-7(8-5-3-2-4-6-8)9-10(14-9)11(12)13/h2-7,9-10H,1H3,(H,12,13)/t7?,9-,10+/m1/s1. The predicted octanol–water partition coefficient (Wildman–Crippen LogP) is 1.64. The molecular formula is C11H12O3. The molecule has 1 unspecified atom stereocenters. The summed E-state index contributed by atoms with van der Waals surface area (Å²) in [4.78, 5) is 10.6. The Morgan fingerprint density at radius 2 is 2.07 bits per heavy atom. The zero-order valence-corrected chi connectivity index (χ0v) is 7.88. The van der Waals surface area contributed by atoms with Gasteiger partial charge in [0.05, 0.1) is 0 Å². The Balaban J connectivity index is 2.05. The Kier molecular flexibility index (Phi) is 2.25. The van der Waals surface area contributed by atoms with Crippen molar-refractivity contribution >= 4 is 5.97 Å². The van der Waals surface area contributed by atoms with Gasteiger partial charge in [-0.3, -0.25) is 0 Å². The first kappa shape index (κ1) is 9.21. The third kappa shape index (κ3) is 1.63. The molecule has 3 nitrogen and oxygen atoms in total. The van der Waals surface area contributed by atoms with Crippen LogP contribution < -0.4 is 0 Å². The van der Waals surface area contributed by atoms with Crippen LogP contribution in [0.1, 0.15) is 18.4 Å². The molecule has 1 aliphatic heterocycles. The molecule has 0 bridgehead atoms. The lowest BCUT2D eigenvalue weighted by Crippen LogP contribution is -2.12. The van der Waals surface area contributed by atoms with Gasteiger partial charge in [0, 0.05) is 5.92 Å². The second kappa shape index (κ2) is 3.42. The highest BCUT2D eigenvalue weighted by Gasteiger charge is 2.48. The molecule has 0 amide bonds. The molecule has 1 fully saturated rings. The molecule has 0 spiro atoms. The van der Waals surface area contributed by atoms with Gasteiger partial charge in [0.15, 0.2) is 6.10 Å². The maximum atomic E-state index is 10.6. The van der Waals surface area contributed by atoms with Gasteiger partial charge in [-0.05, 0) is 5.56 Å². The molecule has 0 saturated carbocycles. The van der Waals surface area contributed by atoms with Gasteiger partial charge in [-0.1, -0.05) is 37.3 Å². The number of hydrogen-bond donors (Lipinski definition) is 1. The number of rotatable bonds is 3. The Bertz CT molecular complexity index is 334. The second-order valence-corrected chi connectivity index (χ2v) is 3.56. The summed E-state index contributed by atoms with van der Waals surface area (Å²) >= 11 is 0. The molecule has 1 heterocycles. The first-order valence-electron chi connectivity index (χ1n) is 4.63. The normalized spacial score (nSPS) is 26.9. The van der Waals surface area contributed by atoms with Crippen LogP contribution in [0.3, 0.4) is 0 Å². The number of benzene rings is 1. The number of carboxylic acids is 1. The van der Waals surface area contributed by atoms with E-state index < -0.39 is 12.1 Å². The molecule has 1 saturated heterocycles. The van der Waals surface area contributed by atoms with E-state index >= 15 is 0 Å². The van der Waals surface area contributed by atoms with Crippen LogP contribution in [-0.2, 0) is 9.53 Å². The number of ether oxygens (including phenoxy) is 1. The fraction of sp³-hybridized carbons (Fsp3) is 0.364. The van der Waals surface area contributed by atoms with Gasteiger partial charge in [0.25, 0.3) is 0 Å². The minimum absolute atomic E-state index is 0.150. The van der Waals surface area contributed by atoms with Crippen molar-refractivity contribution in [2.24, 2.45) is 0 Å². The van der Waals surface area contributed by atoms with Gasteiger partial charge in [-0.2, -0.15) is 0 Å². The number of carboxylic acid groups (broad SMARTS) is 1. The van der Waals surface area contributed by atoms with E-state index in [0.29, 0.717) is 0 Å². The number of epoxide rings is 1. The molecule has 74 valence electrons. The smallest absolute Gasteiger partial charge is 0.335 e. The van der Waals surface area contributed by atoms with Crippen LogP contribution in [0.15, 0.2) is 30.3 Å². The van der Waals surface area contributed by atoms with Crippen LogP contribution in [0.5, 0.6) is 0 Å². The molecule has 2 rings (SSSR count). The van der Waals surface area contributed by atoms with Crippen molar-refractivity contribution in [1.82, 2.24) is 0 Å². The fourth-order valence-electron chi connectivity index (χ4n) is 1.65. The van der Waals surface area contributed by atoms with Gasteiger partial charge in [0.1, 0.15) is 6.10 Å². The number of aliphatic carboxylic acids is 1. The minimum atomic E-state index is -0.863. The Morgan fingerprint density at radius 3 is 2.57 bits per heavy atom. The van der Waals surface area contributed by atoms with Crippen molar-refractivity contribution < 1.29 is 14.6 Å². The largest absolute Gasteiger partial charge is 0.479 e. The molecule has 14 heavy (non-hydrogen) atoms. The van der Waals surface area contributed by atoms with E-state index in [1.165, 1.54) is 0 Å². The van der Waals surface area contributed by atoms with E-state index in [1.54, 1.807) is 0 Å². The minimum Gasteiger partial charge on any atom is -0.479 e. The van der Waals surface area contributed by atoms with E-state index in [-0.39, 0.29) is 12.0 Å². The van der Waals surface area contributed by atoms with Gasteiger partial charge in [0.2, 0.25) is 0 Å². The molecule has 0 aliphatic carbocycles. The van der Waals surface area contributed by atoms with Crippen molar-refractivity contribution in [3.63, 3.8) is 0 Å². The molecular weight excluding hydrogens is 180 g/mol. The molecule has 0 aromatic heterocycles. The fourth-order valence-corrected chi connectivity index (χ4v) is 1.65. The van der Waals surface area contributed by atoms with Crippen LogP contribution in [0.2, 0.25) is 0 Å². The highest BCUT2D eigenvalue weighted by molar-refractivity contribution is 5.76. The van der Waals surface area contributed by atoms with E-state index in [1.807, 2.05) is 37.3 Å². The van der Waals surface area contributed by atoms with E-state index in [4.69, 9.17) is 9.84 Å². The van der Waals surface area contributed by atoms with Crippen molar-refractivity contribution in [3.8, 4) is 0 Å². The lowest BCUT2D eigenvalue weighted by atomic mass is 9.96. The lowest BCUT2D eigenvalue weighted by molar-refractivity contribution is -0.138. The predicted molar refractivity (Wildman–Crippen MR) is 51.2 cm³/mol. The average Bonchev–Trinajstić information content (AvgIpc) is 2.97. The van der Waals surface area contributed by atoms with Gasteiger partial charge < -0.3 is 9.84 Å². The van der Waals surface area contributed by atoms with Crippen molar-refractivity contribution in [2.75, 3.05) is 0 Å². The van der Waals surface area contributed by atoms with E-state index in [9.17, 15) is 4.79 Å². The van der Waals surface area contributed by atoms with Gasteiger partial charge >= 0.3 is 5.97 Å². The lowest BCUT2D eigenvalue weighted by Gasteiger charge is -2.07. The topological polar surface area (TPSA) is 49.8 Å². The van der Waals surface area contributed by atoms with Crippen LogP contribution in [-0.4, -0.2) is 23.3 Å². The first-order chi connectivity index (χ1) is 6.70. The van der Waals surface area contributed by atoms with Crippen LogP contribution in [0.25, 0.3) is 0 Å². The third-order valence-electron chi connectivity index (χ3n) is 2.59. The van der Waals surface area contributed by atoms with E-state index in [0.717, 1.165) is 5.56 Å². The number of hydrogen-bond acceptors (Lipinski definition) is 2. The Morgan fingerprint density at radius 1 is 1.43 bits per heavy atom. The Labute approximate surface area is 82.3 Å². The van der Waals surface area contributed by atoms with Gasteiger partial charge in [-0.25, -0.2) is 4.79 Å². The zero-order valence-electron chi connectivity index (χ0n) is 7.88. The molecule has 0 radical (unpaired) electrons. The monoisotopic (exact) mass is 192 g/mol. The molecule has 1 N–H and O–H groups in total. The highest BCUT2D eigenvalue weighted by Crippen LogP contribution is 2.35. The summed E-state index contributed by atoms with van der Waals surface area (Å²) in [5, 5.41) is 8.69. The van der Waals surface area contributed by atoms with Crippen LogP contribution in [0, 0.1) is 0 Å². The van der Waals surface area contributed by atoms with E-state index in [2.05, 4.69) is 0 Å². The van der Waals surface area contributed by atoms with Crippen molar-refractivity contribution in [2.45, 2.75) is 25.0 Å². The summed E-state index contributed by atoms with van der Waals surface area (Å²) in [7, 11) is 0. The van der Waals surface area contributed by atoms with Crippen LogP contribution >= 0.6 is 0 Å². The maximum absolute atomic E-state index is 10.6. The van der Waals surface area contributed by atoms with Crippen molar-refractivity contribution in [1.29, 1.82) is 0 Å². The summed E-state index contributed by atoms with van der Waals surface area (Å²) < 4.78 is 5.10. The second-order valence-electron chi connectivity index (χ2n) is 3.56. The molecule has 1 aromatic rings. The third-order valence-corrected chi connectivity index (χ3v) is 2.59. The number of carbonyl (C=O) groups is 1. The average molecular weight is 192 g/mol. The highest BCUT2D eigenvalue weighted by atomic mass is 16.6. The zero-order chi connectivity index (χ0) is 10.1. The quantitative estimate of drug-likeness (QED) is 0.740. The molecule has 3 atom stereocenters. The summed E-state index contributed by atoms with van der Waals surface area (Å²) in [6.45, 7) is 1.99. The van der Waals surface area contributed by atoms with Crippen LogP contribution in [0.4, 0.5) is 0 Å². The molecule has 3 heteroatoms. The summed E-state index contributed by atoms with van der Waals surface area (Å²) in [5.41, 5.74) is 1.13. The molecule has 1 aromatic carbocycles.